The Hall–Kier alpha value is -1.33. The Balaban J connectivity index is 1.66. The van der Waals surface area contributed by atoms with E-state index in [2.05, 4.69) is 5.32 Å². The van der Waals surface area contributed by atoms with Gasteiger partial charge in [0.25, 0.3) is 0 Å². The van der Waals surface area contributed by atoms with Crippen molar-refractivity contribution >= 4 is 11.6 Å². The summed E-state index contributed by atoms with van der Waals surface area (Å²) in [4.78, 5) is 0. The molecule has 0 saturated carbocycles. The number of rotatable bonds is 8. The predicted molar refractivity (Wildman–Crippen MR) is 82.2 cm³/mol. The van der Waals surface area contributed by atoms with Gasteiger partial charge in [-0.2, -0.15) is 0 Å². The third kappa shape index (κ3) is 5.17. The van der Waals surface area contributed by atoms with Crippen molar-refractivity contribution in [2.75, 3.05) is 13.2 Å². The van der Waals surface area contributed by atoms with Crippen molar-refractivity contribution in [3.63, 3.8) is 0 Å². The fraction of sp³-hybridized carbons (Fsp3) is 0.375. The minimum Gasteiger partial charge on any atom is -0.468 e. The average molecular weight is 310 g/mol. The molecule has 2 N–H and O–H groups in total. The number of hydrogen-bond acceptors (Lipinski definition) is 4. The van der Waals surface area contributed by atoms with Gasteiger partial charge in [0, 0.05) is 11.6 Å². The van der Waals surface area contributed by atoms with E-state index in [0.717, 1.165) is 11.3 Å². The van der Waals surface area contributed by atoms with E-state index in [1.807, 2.05) is 43.3 Å². The van der Waals surface area contributed by atoms with Crippen molar-refractivity contribution in [1.29, 1.82) is 0 Å². The van der Waals surface area contributed by atoms with Crippen LogP contribution >= 0.6 is 11.6 Å². The minimum absolute atomic E-state index is 0.0539. The van der Waals surface area contributed by atoms with Gasteiger partial charge in [-0.25, -0.2) is 0 Å². The van der Waals surface area contributed by atoms with Gasteiger partial charge in [0.15, 0.2) is 0 Å². The number of furan rings is 1. The van der Waals surface area contributed by atoms with Crippen LogP contribution < -0.4 is 5.32 Å². The molecule has 1 aromatic heterocycles. The van der Waals surface area contributed by atoms with Gasteiger partial charge < -0.3 is 19.6 Å². The number of aliphatic hydroxyl groups excluding tert-OH is 1. The van der Waals surface area contributed by atoms with Gasteiger partial charge in [0.05, 0.1) is 31.6 Å². The molecule has 0 radical (unpaired) electrons. The quantitative estimate of drug-likeness (QED) is 0.786. The lowest BCUT2D eigenvalue weighted by Crippen LogP contribution is -2.32. The summed E-state index contributed by atoms with van der Waals surface area (Å²) in [5.74, 6) is 0.846. The molecule has 0 saturated heterocycles. The summed E-state index contributed by atoms with van der Waals surface area (Å²) in [6, 6.07) is 11.3. The van der Waals surface area contributed by atoms with Crippen molar-refractivity contribution in [1.82, 2.24) is 5.32 Å². The Labute approximate surface area is 129 Å². The SMILES string of the molecule is C[C@@H](NCC(O)COCc1ccccc1Cl)c1ccco1. The molecule has 5 heteroatoms. The summed E-state index contributed by atoms with van der Waals surface area (Å²) in [5, 5.41) is 13.8. The van der Waals surface area contributed by atoms with Crippen LogP contribution in [0.3, 0.4) is 0 Å². The van der Waals surface area contributed by atoms with Gasteiger partial charge in [0.1, 0.15) is 5.76 Å². The first-order valence-corrected chi connectivity index (χ1v) is 7.30. The second kappa shape index (κ2) is 8.20. The van der Waals surface area contributed by atoms with Gasteiger partial charge in [-0.05, 0) is 30.7 Å². The molecule has 4 nitrogen and oxygen atoms in total. The molecule has 1 aromatic carbocycles. The van der Waals surface area contributed by atoms with E-state index >= 15 is 0 Å². The summed E-state index contributed by atoms with van der Waals surface area (Å²) >= 11 is 6.03. The zero-order valence-corrected chi connectivity index (χ0v) is 12.7. The van der Waals surface area contributed by atoms with Crippen LogP contribution in [-0.2, 0) is 11.3 Å². The van der Waals surface area contributed by atoms with E-state index in [-0.39, 0.29) is 12.6 Å². The highest BCUT2D eigenvalue weighted by atomic mass is 35.5. The lowest BCUT2D eigenvalue weighted by Gasteiger charge is -2.16. The Bertz CT molecular complexity index is 530. The lowest BCUT2D eigenvalue weighted by molar-refractivity contribution is 0.0276. The van der Waals surface area contributed by atoms with Gasteiger partial charge in [0.2, 0.25) is 0 Å². The average Bonchev–Trinajstić information content (AvgIpc) is 3.01. The standard InChI is InChI=1S/C16H20ClNO3/c1-12(16-7-4-8-21-16)18-9-14(19)11-20-10-13-5-2-3-6-15(13)17/h2-8,12,14,18-19H,9-11H2,1H3/t12-,14?/m1/s1. The summed E-state index contributed by atoms with van der Waals surface area (Å²) in [7, 11) is 0. The molecule has 0 aliphatic carbocycles. The second-order valence-electron chi connectivity index (χ2n) is 4.91. The highest BCUT2D eigenvalue weighted by Crippen LogP contribution is 2.16. The van der Waals surface area contributed by atoms with Crippen LogP contribution in [0.2, 0.25) is 5.02 Å². The molecule has 21 heavy (non-hydrogen) atoms. The molecular weight excluding hydrogens is 290 g/mol. The number of hydrogen-bond donors (Lipinski definition) is 2. The normalized spacial score (nSPS) is 14.0. The Morgan fingerprint density at radius 2 is 2.10 bits per heavy atom. The first-order valence-electron chi connectivity index (χ1n) is 6.93. The highest BCUT2D eigenvalue weighted by molar-refractivity contribution is 6.31. The number of nitrogens with one attached hydrogen (secondary N) is 1. The largest absolute Gasteiger partial charge is 0.468 e. The van der Waals surface area contributed by atoms with Gasteiger partial charge in [-0.15, -0.1) is 0 Å². The first kappa shape index (κ1) is 16.0. The van der Waals surface area contributed by atoms with Crippen LogP contribution in [0.4, 0.5) is 0 Å². The molecule has 0 spiro atoms. The number of halogens is 1. The van der Waals surface area contributed by atoms with Crippen molar-refractivity contribution in [2.24, 2.45) is 0 Å². The zero-order chi connectivity index (χ0) is 15.1. The third-order valence-corrected chi connectivity index (χ3v) is 3.52. The Morgan fingerprint density at radius 1 is 1.29 bits per heavy atom. The summed E-state index contributed by atoms with van der Waals surface area (Å²) < 4.78 is 10.8. The van der Waals surface area contributed by atoms with Crippen LogP contribution in [0.15, 0.2) is 47.1 Å². The summed E-state index contributed by atoms with van der Waals surface area (Å²) in [6.07, 6.45) is 1.06. The fourth-order valence-electron chi connectivity index (χ4n) is 1.93. The van der Waals surface area contributed by atoms with Crippen LogP contribution in [0.5, 0.6) is 0 Å². The molecule has 0 amide bonds. The molecule has 0 aliphatic heterocycles. The van der Waals surface area contributed by atoms with E-state index in [4.69, 9.17) is 20.8 Å². The van der Waals surface area contributed by atoms with E-state index in [9.17, 15) is 5.11 Å². The molecule has 0 bridgehead atoms. The Morgan fingerprint density at radius 3 is 2.81 bits per heavy atom. The van der Waals surface area contributed by atoms with E-state index in [0.29, 0.717) is 18.2 Å². The van der Waals surface area contributed by atoms with E-state index in [1.54, 1.807) is 6.26 Å². The molecule has 1 heterocycles. The van der Waals surface area contributed by atoms with E-state index in [1.165, 1.54) is 0 Å². The maximum Gasteiger partial charge on any atom is 0.120 e. The number of ether oxygens (including phenoxy) is 1. The third-order valence-electron chi connectivity index (χ3n) is 3.16. The maximum absolute atomic E-state index is 9.89. The highest BCUT2D eigenvalue weighted by Gasteiger charge is 2.11. The molecule has 2 aromatic rings. The molecule has 0 fully saturated rings. The van der Waals surface area contributed by atoms with Gasteiger partial charge >= 0.3 is 0 Å². The summed E-state index contributed by atoms with van der Waals surface area (Å²) in [6.45, 7) is 3.06. The van der Waals surface area contributed by atoms with Crippen molar-refractivity contribution in [3.8, 4) is 0 Å². The predicted octanol–water partition coefficient (Wildman–Crippen LogP) is 3.16. The van der Waals surface area contributed by atoms with Crippen molar-refractivity contribution in [2.45, 2.75) is 25.7 Å². The van der Waals surface area contributed by atoms with Crippen LogP contribution in [0, 0.1) is 0 Å². The second-order valence-corrected chi connectivity index (χ2v) is 5.31. The lowest BCUT2D eigenvalue weighted by atomic mass is 10.2. The van der Waals surface area contributed by atoms with Crippen molar-refractivity contribution < 1.29 is 14.3 Å². The zero-order valence-electron chi connectivity index (χ0n) is 12.0. The Kier molecular flexibility index (Phi) is 6.26. The molecule has 114 valence electrons. The topological polar surface area (TPSA) is 54.6 Å². The molecular formula is C16H20ClNO3. The fourth-order valence-corrected chi connectivity index (χ4v) is 2.12. The monoisotopic (exact) mass is 309 g/mol. The summed E-state index contributed by atoms with van der Waals surface area (Å²) in [5.41, 5.74) is 0.920. The first-order chi connectivity index (χ1) is 10.2. The molecule has 1 unspecified atom stereocenters. The molecule has 0 aliphatic rings. The van der Waals surface area contributed by atoms with Gasteiger partial charge in [-0.3, -0.25) is 0 Å². The van der Waals surface area contributed by atoms with Crippen LogP contribution in [0.25, 0.3) is 0 Å². The maximum atomic E-state index is 9.89. The van der Waals surface area contributed by atoms with Crippen LogP contribution in [-0.4, -0.2) is 24.4 Å². The number of aliphatic hydroxyl groups is 1. The van der Waals surface area contributed by atoms with Crippen LogP contribution in [0.1, 0.15) is 24.3 Å². The minimum atomic E-state index is -0.579. The molecule has 2 atom stereocenters. The smallest absolute Gasteiger partial charge is 0.120 e. The molecule has 2 rings (SSSR count). The van der Waals surface area contributed by atoms with Gasteiger partial charge in [-0.1, -0.05) is 29.8 Å². The van der Waals surface area contributed by atoms with Crippen molar-refractivity contribution in [3.05, 3.63) is 59.0 Å². The van der Waals surface area contributed by atoms with E-state index < -0.39 is 6.10 Å². The number of benzene rings is 1.